The first-order valence-electron chi connectivity index (χ1n) is 7.70. The van der Waals surface area contributed by atoms with Crippen LogP contribution in [0, 0.1) is 0 Å². The van der Waals surface area contributed by atoms with Gasteiger partial charge in [-0.15, -0.1) is 0 Å². The third-order valence-corrected chi connectivity index (χ3v) is 3.95. The van der Waals surface area contributed by atoms with Gasteiger partial charge in [-0.05, 0) is 50.2 Å². The monoisotopic (exact) mass is 366 g/mol. The van der Waals surface area contributed by atoms with Crippen molar-refractivity contribution in [1.82, 2.24) is 0 Å². The zero-order valence-electron chi connectivity index (χ0n) is 13.6. The molecule has 0 aliphatic carbocycles. The smallest absolute Gasteiger partial charge is 0.226 e. The molecule has 0 aliphatic heterocycles. The summed E-state index contributed by atoms with van der Waals surface area (Å²) in [7, 11) is 0. The van der Waals surface area contributed by atoms with E-state index in [0.717, 1.165) is 11.4 Å². The minimum Gasteiger partial charge on any atom is -0.491 e. The highest BCUT2D eigenvalue weighted by molar-refractivity contribution is 6.43. The Morgan fingerprint density at radius 3 is 2.50 bits per heavy atom. The van der Waals surface area contributed by atoms with E-state index >= 15 is 0 Å². The molecule has 2 rings (SSSR count). The number of rotatable bonds is 7. The molecule has 128 valence electrons. The number of amides is 1. The quantitative estimate of drug-likeness (QED) is 0.705. The molecule has 1 amide bonds. The third kappa shape index (κ3) is 5.62. The Morgan fingerprint density at radius 2 is 1.83 bits per heavy atom. The summed E-state index contributed by atoms with van der Waals surface area (Å²) >= 11 is 12.0. The van der Waals surface area contributed by atoms with E-state index in [0.29, 0.717) is 28.7 Å². The fourth-order valence-electron chi connectivity index (χ4n) is 2.06. The minimum absolute atomic E-state index is 0.133. The average Bonchev–Trinajstić information content (AvgIpc) is 2.53. The molecule has 0 saturated carbocycles. The Hall–Kier alpha value is -1.91. The maximum absolute atomic E-state index is 12.0. The summed E-state index contributed by atoms with van der Waals surface area (Å²) in [5.41, 5.74) is 1.45. The van der Waals surface area contributed by atoms with Gasteiger partial charge in [0.05, 0.1) is 21.8 Å². The van der Waals surface area contributed by atoms with E-state index in [1.807, 2.05) is 38.1 Å². The van der Waals surface area contributed by atoms with E-state index in [-0.39, 0.29) is 12.0 Å². The minimum atomic E-state index is -0.133. The van der Waals surface area contributed by atoms with Crippen LogP contribution in [0.2, 0.25) is 10.0 Å². The van der Waals surface area contributed by atoms with E-state index < -0.39 is 0 Å². The summed E-state index contributed by atoms with van der Waals surface area (Å²) in [6, 6.07) is 12.8. The molecule has 6 heteroatoms. The lowest BCUT2D eigenvalue weighted by Gasteiger charge is -2.11. The summed E-state index contributed by atoms with van der Waals surface area (Å²) in [6.07, 6.45) is 0.457. The first-order valence-corrected chi connectivity index (χ1v) is 8.46. The van der Waals surface area contributed by atoms with Gasteiger partial charge in [0.1, 0.15) is 5.75 Å². The average molecular weight is 367 g/mol. The summed E-state index contributed by atoms with van der Waals surface area (Å²) in [6.45, 7) is 4.47. The molecule has 0 bridgehead atoms. The topological polar surface area (TPSA) is 50.4 Å². The second-order valence-electron chi connectivity index (χ2n) is 5.52. The van der Waals surface area contributed by atoms with Gasteiger partial charge in [-0.3, -0.25) is 4.79 Å². The lowest BCUT2D eigenvalue weighted by Crippen LogP contribution is -2.16. The van der Waals surface area contributed by atoms with Crippen molar-refractivity contribution in [1.29, 1.82) is 0 Å². The molecule has 0 aliphatic rings. The number of anilines is 2. The molecule has 24 heavy (non-hydrogen) atoms. The Bertz CT molecular complexity index is 688. The highest BCUT2D eigenvalue weighted by Gasteiger charge is 2.08. The van der Waals surface area contributed by atoms with Crippen LogP contribution in [0.5, 0.6) is 5.75 Å². The standard InChI is InChI=1S/C18H20Cl2N2O2/c1-12(2)24-14-8-6-13(7-9-14)21-11-10-17(23)22-16-5-3-4-15(19)18(16)20/h3-9,12,21H,10-11H2,1-2H3,(H,22,23). The van der Waals surface area contributed by atoms with Crippen LogP contribution < -0.4 is 15.4 Å². The number of carbonyl (C=O) groups excluding carboxylic acids is 1. The summed E-state index contributed by atoms with van der Waals surface area (Å²) in [5, 5.41) is 6.71. The van der Waals surface area contributed by atoms with Crippen molar-refractivity contribution >= 4 is 40.5 Å². The van der Waals surface area contributed by atoms with Crippen LogP contribution >= 0.6 is 23.2 Å². The molecule has 0 unspecified atom stereocenters. The van der Waals surface area contributed by atoms with Gasteiger partial charge < -0.3 is 15.4 Å². The highest BCUT2D eigenvalue weighted by Crippen LogP contribution is 2.29. The van der Waals surface area contributed by atoms with Crippen molar-refractivity contribution in [2.45, 2.75) is 26.4 Å². The molecule has 0 fully saturated rings. The molecule has 0 atom stereocenters. The first kappa shape index (κ1) is 18.4. The van der Waals surface area contributed by atoms with E-state index in [1.165, 1.54) is 0 Å². The Labute approximate surface area is 152 Å². The molecular weight excluding hydrogens is 347 g/mol. The number of hydrogen-bond donors (Lipinski definition) is 2. The molecule has 0 heterocycles. The summed E-state index contributed by atoms with van der Waals surface area (Å²) < 4.78 is 5.58. The second-order valence-corrected chi connectivity index (χ2v) is 6.30. The predicted molar refractivity (Wildman–Crippen MR) is 100 cm³/mol. The van der Waals surface area contributed by atoms with E-state index in [4.69, 9.17) is 27.9 Å². The van der Waals surface area contributed by atoms with Crippen molar-refractivity contribution in [3.05, 3.63) is 52.5 Å². The van der Waals surface area contributed by atoms with Crippen molar-refractivity contribution in [2.24, 2.45) is 0 Å². The maximum atomic E-state index is 12.0. The van der Waals surface area contributed by atoms with Crippen molar-refractivity contribution < 1.29 is 9.53 Å². The van der Waals surface area contributed by atoms with Gasteiger partial charge in [-0.25, -0.2) is 0 Å². The van der Waals surface area contributed by atoms with Crippen LogP contribution in [0.15, 0.2) is 42.5 Å². The molecule has 0 aromatic heterocycles. The molecule has 4 nitrogen and oxygen atoms in total. The van der Waals surface area contributed by atoms with Gasteiger partial charge in [0.25, 0.3) is 0 Å². The Morgan fingerprint density at radius 1 is 1.12 bits per heavy atom. The molecular formula is C18H20Cl2N2O2. The number of ether oxygens (including phenoxy) is 1. The van der Waals surface area contributed by atoms with Gasteiger partial charge in [0.2, 0.25) is 5.91 Å². The van der Waals surface area contributed by atoms with E-state index in [2.05, 4.69) is 10.6 Å². The number of carbonyl (C=O) groups is 1. The van der Waals surface area contributed by atoms with Crippen molar-refractivity contribution in [2.75, 3.05) is 17.2 Å². The normalized spacial score (nSPS) is 10.5. The zero-order valence-corrected chi connectivity index (χ0v) is 15.1. The van der Waals surface area contributed by atoms with Gasteiger partial charge in [0.15, 0.2) is 0 Å². The highest BCUT2D eigenvalue weighted by atomic mass is 35.5. The number of benzene rings is 2. The summed E-state index contributed by atoms with van der Waals surface area (Å²) in [5.74, 6) is 0.690. The third-order valence-electron chi connectivity index (χ3n) is 3.13. The molecule has 0 radical (unpaired) electrons. The van der Waals surface area contributed by atoms with Gasteiger partial charge >= 0.3 is 0 Å². The summed E-state index contributed by atoms with van der Waals surface area (Å²) in [4.78, 5) is 12.0. The molecule has 0 spiro atoms. The van der Waals surface area contributed by atoms with Crippen LogP contribution in [-0.4, -0.2) is 18.6 Å². The number of halogens is 2. The van der Waals surface area contributed by atoms with Crippen LogP contribution in [0.4, 0.5) is 11.4 Å². The van der Waals surface area contributed by atoms with Gasteiger partial charge in [0, 0.05) is 18.7 Å². The zero-order chi connectivity index (χ0) is 17.5. The molecule has 2 N–H and O–H groups in total. The van der Waals surface area contributed by atoms with Crippen LogP contribution in [0.25, 0.3) is 0 Å². The largest absolute Gasteiger partial charge is 0.491 e. The van der Waals surface area contributed by atoms with E-state index in [1.54, 1.807) is 18.2 Å². The van der Waals surface area contributed by atoms with Crippen molar-refractivity contribution in [3.8, 4) is 5.75 Å². The number of nitrogens with one attached hydrogen (secondary N) is 2. The predicted octanol–water partition coefficient (Wildman–Crippen LogP) is 5.22. The van der Waals surface area contributed by atoms with Crippen LogP contribution in [0.1, 0.15) is 20.3 Å². The SMILES string of the molecule is CC(C)Oc1ccc(NCCC(=O)Nc2cccc(Cl)c2Cl)cc1. The molecule has 2 aromatic rings. The maximum Gasteiger partial charge on any atom is 0.226 e. The van der Waals surface area contributed by atoms with Crippen LogP contribution in [-0.2, 0) is 4.79 Å². The van der Waals surface area contributed by atoms with E-state index in [9.17, 15) is 4.79 Å². The first-order chi connectivity index (χ1) is 11.5. The lowest BCUT2D eigenvalue weighted by molar-refractivity contribution is -0.115. The van der Waals surface area contributed by atoms with Gasteiger partial charge in [-0.2, -0.15) is 0 Å². The van der Waals surface area contributed by atoms with Crippen LogP contribution in [0.3, 0.4) is 0 Å². The Balaban J connectivity index is 1.79. The molecule has 0 saturated heterocycles. The number of hydrogen-bond acceptors (Lipinski definition) is 3. The lowest BCUT2D eigenvalue weighted by atomic mass is 10.2. The second kappa shape index (κ2) is 8.81. The van der Waals surface area contributed by atoms with Crippen molar-refractivity contribution in [3.63, 3.8) is 0 Å². The Kier molecular flexibility index (Phi) is 6.76. The molecule has 2 aromatic carbocycles. The fourth-order valence-corrected chi connectivity index (χ4v) is 2.40. The van der Waals surface area contributed by atoms with Gasteiger partial charge in [-0.1, -0.05) is 29.3 Å². The fraction of sp³-hybridized carbons (Fsp3) is 0.278.